The number of hydrogen-bond acceptors (Lipinski definition) is 2. The van der Waals surface area contributed by atoms with Crippen LogP contribution in [0.15, 0.2) is 115 Å². The smallest absolute Gasteiger partial charge is 0.449 e. The Kier molecular flexibility index (Phi) is 5.14. The van der Waals surface area contributed by atoms with Crippen molar-refractivity contribution in [2.75, 3.05) is 0 Å². The number of rotatable bonds is 4. The van der Waals surface area contributed by atoms with E-state index < -0.39 is 6.16 Å². The summed E-state index contributed by atoms with van der Waals surface area (Å²) in [4.78, 5) is 11.6. The summed E-state index contributed by atoms with van der Waals surface area (Å²) < 4.78 is 5.32. The zero-order valence-electron chi connectivity index (χ0n) is 17.2. The molecule has 3 nitrogen and oxygen atoms in total. The summed E-state index contributed by atoms with van der Waals surface area (Å²) in [5, 5.41) is 11.6. The summed E-state index contributed by atoms with van der Waals surface area (Å²) in [6.45, 7) is 0. The number of carboxylic acid groups (broad SMARTS) is 1. The zero-order chi connectivity index (χ0) is 21.9. The van der Waals surface area contributed by atoms with Crippen molar-refractivity contribution < 1.29 is 14.6 Å². The Balaban J connectivity index is 1.93. The van der Waals surface area contributed by atoms with Gasteiger partial charge in [0.15, 0.2) is 0 Å². The molecular formula is C29H20O3. The van der Waals surface area contributed by atoms with E-state index in [1.54, 1.807) is 6.07 Å². The van der Waals surface area contributed by atoms with Crippen molar-refractivity contribution in [1.82, 2.24) is 0 Å². The van der Waals surface area contributed by atoms with Crippen LogP contribution in [0.5, 0.6) is 5.75 Å². The predicted molar refractivity (Wildman–Crippen MR) is 129 cm³/mol. The van der Waals surface area contributed by atoms with Gasteiger partial charge in [-0.2, -0.15) is 0 Å². The molecule has 0 aliphatic carbocycles. The molecule has 0 heterocycles. The summed E-state index contributed by atoms with van der Waals surface area (Å²) >= 11 is 0. The Morgan fingerprint density at radius 1 is 0.562 bits per heavy atom. The topological polar surface area (TPSA) is 46.5 Å². The van der Waals surface area contributed by atoms with Crippen molar-refractivity contribution in [2.45, 2.75) is 0 Å². The minimum atomic E-state index is -1.34. The number of carbonyl (C=O) groups is 1. The lowest BCUT2D eigenvalue weighted by Gasteiger charge is -2.20. The summed E-state index contributed by atoms with van der Waals surface area (Å²) in [5.41, 5.74) is 5.68. The standard InChI is InChI=1S/C29H20O3/c30-29(31)32-26-19-18-24(21-10-3-1-4-11-21)27(22-13-5-2-6-14-22)28(26)25-17-9-15-20-12-7-8-16-23(20)25/h1-19H,(H,30,31). The average molecular weight is 416 g/mol. The molecule has 1 N–H and O–H groups in total. The van der Waals surface area contributed by atoms with Crippen molar-refractivity contribution in [3.8, 4) is 39.1 Å². The Hall–Kier alpha value is -4.37. The molecular weight excluding hydrogens is 396 g/mol. The molecule has 0 atom stereocenters. The van der Waals surface area contributed by atoms with Gasteiger partial charge in [0, 0.05) is 11.1 Å². The highest BCUT2D eigenvalue weighted by atomic mass is 16.7. The molecule has 32 heavy (non-hydrogen) atoms. The summed E-state index contributed by atoms with van der Waals surface area (Å²) in [6, 6.07) is 38.0. The maximum absolute atomic E-state index is 11.6. The van der Waals surface area contributed by atoms with E-state index in [1.165, 1.54) is 0 Å². The lowest BCUT2D eigenvalue weighted by Crippen LogP contribution is -2.05. The highest BCUT2D eigenvalue weighted by Crippen LogP contribution is 2.47. The fourth-order valence-corrected chi connectivity index (χ4v) is 4.24. The van der Waals surface area contributed by atoms with Crippen LogP contribution in [0.2, 0.25) is 0 Å². The third-order valence-electron chi connectivity index (χ3n) is 5.57. The molecule has 0 fully saturated rings. The molecule has 154 valence electrons. The predicted octanol–water partition coefficient (Wildman–Crippen LogP) is 7.90. The largest absolute Gasteiger partial charge is 0.511 e. The summed E-state index contributed by atoms with van der Waals surface area (Å²) in [7, 11) is 0. The van der Waals surface area contributed by atoms with Gasteiger partial charge in [-0.15, -0.1) is 0 Å². The highest BCUT2D eigenvalue weighted by molar-refractivity contribution is 6.06. The molecule has 5 aromatic rings. The maximum Gasteiger partial charge on any atom is 0.511 e. The zero-order valence-corrected chi connectivity index (χ0v) is 17.2. The van der Waals surface area contributed by atoms with Crippen LogP contribution in [-0.4, -0.2) is 11.3 Å². The van der Waals surface area contributed by atoms with Crippen molar-refractivity contribution >= 4 is 16.9 Å². The van der Waals surface area contributed by atoms with Gasteiger partial charge in [0.05, 0.1) is 0 Å². The van der Waals surface area contributed by atoms with E-state index in [1.807, 2.05) is 78.9 Å². The minimum Gasteiger partial charge on any atom is -0.449 e. The molecule has 0 unspecified atom stereocenters. The van der Waals surface area contributed by atoms with Crippen LogP contribution in [-0.2, 0) is 0 Å². The fourth-order valence-electron chi connectivity index (χ4n) is 4.24. The first kappa shape index (κ1) is 19.6. The van der Waals surface area contributed by atoms with Crippen LogP contribution in [0.4, 0.5) is 4.79 Å². The first-order valence-corrected chi connectivity index (χ1v) is 10.4. The molecule has 5 aromatic carbocycles. The van der Waals surface area contributed by atoms with Gasteiger partial charge < -0.3 is 9.84 Å². The van der Waals surface area contributed by atoms with E-state index >= 15 is 0 Å². The third kappa shape index (κ3) is 3.61. The van der Waals surface area contributed by atoms with Gasteiger partial charge in [0.25, 0.3) is 0 Å². The molecule has 0 amide bonds. The second kappa shape index (κ2) is 8.40. The molecule has 0 aliphatic heterocycles. The molecule has 0 bridgehead atoms. The van der Waals surface area contributed by atoms with Crippen LogP contribution >= 0.6 is 0 Å². The van der Waals surface area contributed by atoms with Crippen LogP contribution in [0.25, 0.3) is 44.2 Å². The molecule has 0 aromatic heterocycles. The molecule has 0 saturated carbocycles. The van der Waals surface area contributed by atoms with E-state index in [0.29, 0.717) is 5.75 Å². The van der Waals surface area contributed by atoms with Gasteiger partial charge in [-0.25, -0.2) is 4.79 Å². The van der Waals surface area contributed by atoms with Crippen molar-refractivity contribution in [2.24, 2.45) is 0 Å². The second-order valence-corrected chi connectivity index (χ2v) is 7.49. The monoisotopic (exact) mass is 416 g/mol. The molecule has 0 radical (unpaired) electrons. The quantitative estimate of drug-likeness (QED) is 0.239. The number of ether oxygens (including phenoxy) is 1. The highest BCUT2D eigenvalue weighted by Gasteiger charge is 2.21. The molecule has 0 aliphatic rings. The van der Waals surface area contributed by atoms with E-state index in [2.05, 4.69) is 30.3 Å². The van der Waals surface area contributed by atoms with Crippen molar-refractivity contribution in [1.29, 1.82) is 0 Å². The van der Waals surface area contributed by atoms with E-state index in [9.17, 15) is 9.90 Å². The molecule has 0 spiro atoms. The first-order valence-electron chi connectivity index (χ1n) is 10.4. The lowest BCUT2D eigenvalue weighted by atomic mass is 9.85. The van der Waals surface area contributed by atoms with Crippen LogP contribution in [0.3, 0.4) is 0 Å². The minimum absolute atomic E-state index is 0.312. The molecule has 0 saturated heterocycles. The van der Waals surface area contributed by atoms with Gasteiger partial charge >= 0.3 is 6.16 Å². The number of hydrogen-bond donors (Lipinski definition) is 1. The lowest BCUT2D eigenvalue weighted by molar-refractivity contribution is 0.144. The maximum atomic E-state index is 11.6. The van der Waals surface area contributed by atoms with Gasteiger partial charge in [-0.1, -0.05) is 109 Å². The number of benzene rings is 5. The number of fused-ring (bicyclic) bond motifs is 1. The van der Waals surface area contributed by atoms with Crippen molar-refractivity contribution in [3.05, 3.63) is 115 Å². The van der Waals surface area contributed by atoms with E-state index in [-0.39, 0.29) is 0 Å². The third-order valence-corrected chi connectivity index (χ3v) is 5.57. The fraction of sp³-hybridized carbons (Fsp3) is 0. The van der Waals surface area contributed by atoms with Gasteiger partial charge in [0.2, 0.25) is 0 Å². The Bertz CT molecular complexity index is 1400. The van der Waals surface area contributed by atoms with Gasteiger partial charge in [0.1, 0.15) is 5.75 Å². The van der Waals surface area contributed by atoms with Gasteiger partial charge in [-0.3, -0.25) is 0 Å². The van der Waals surface area contributed by atoms with Crippen LogP contribution in [0, 0.1) is 0 Å². The van der Waals surface area contributed by atoms with E-state index in [4.69, 9.17) is 4.74 Å². The molecule has 3 heteroatoms. The SMILES string of the molecule is O=C(O)Oc1ccc(-c2ccccc2)c(-c2ccccc2)c1-c1cccc2ccccc12. The Morgan fingerprint density at radius 3 is 1.91 bits per heavy atom. The Morgan fingerprint density at radius 2 is 1.19 bits per heavy atom. The van der Waals surface area contributed by atoms with Crippen LogP contribution < -0.4 is 4.74 Å². The average Bonchev–Trinajstić information content (AvgIpc) is 2.84. The van der Waals surface area contributed by atoms with Crippen molar-refractivity contribution in [3.63, 3.8) is 0 Å². The Labute approximate surface area is 186 Å². The normalized spacial score (nSPS) is 10.8. The summed E-state index contributed by atoms with van der Waals surface area (Å²) in [6.07, 6.45) is -1.34. The second-order valence-electron chi connectivity index (χ2n) is 7.49. The van der Waals surface area contributed by atoms with Crippen LogP contribution in [0.1, 0.15) is 0 Å². The van der Waals surface area contributed by atoms with E-state index in [0.717, 1.165) is 44.2 Å². The molecule has 5 rings (SSSR count). The summed E-state index contributed by atoms with van der Waals surface area (Å²) in [5.74, 6) is 0.312. The first-order chi connectivity index (χ1) is 15.7. The van der Waals surface area contributed by atoms with Gasteiger partial charge in [-0.05, 0) is 39.1 Å².